The van der Waals surface area contributed by atoms with Crippen LogP contribution in [0, 0.1) is 0 Å². The molecule has 1 aliphatic heterocycles. The summed E-state index contributed by atoms with van der Waals surface area (Å²) in [4.78, 5) is 40.5. The lowest BCUT2D eigenvalue weighted by atomic mass is 9.71. The fraction of sp³-hybridized carbons (Fsp3) is 0.321. The number of hydrogen-bond donors (Lipinski definition) is 1. The summed E-state index contributed by atoms with van der Waals surface area (Å²) in [6.07, 6.45) is 4.28. The van der Waals surface area contributed by atoms with Gasteiger partial charge in [-0.2, -0.15) is 0 Å². The molecule has 6 nitrogen and oxygen atoms in total. The van der Waals surface area contributed by atoms with E-state index >= 15 is 0 Å². The summed E-state index contributed by atoms with van der Waals surface area (Å²) in [5, 5.41) is 3.11. The fourth-order valence-corrected chi connectivity index (χ4v) is 5.60. The van der Waals surface area contributed by atoms with Crippen LogP contribution in [0.5, 0.6) is 5.75 Å². The summed E-state index contributed by atoms with van der Waals surface area (Å²) < 4.78 is 5.68. The van der Waals surface area contributed by atoms with Gasteiger partial charge in [-0.1, -0.05) is 35.9 Å². The van der Waals surface area contributed by atoms with E-state index in [2.05, 4.69) is 10.2 Å². The second-order valence-corrected chi connectivity index (χ2v) is 9.57. The SMILES string of the molecule is CN1C2=C(C(=O)CCC2)C(c2ccc(OCC(=O)Nc3ccccc3)c(Cl)c2)C2=C1CCCC2=O. The van der Waals surface area contributed by atoms with E-state index in [-0.39, 0.29) is 24.1 Å². The van der Waals surface area contributed by atoms with Crippen LogP contribution in [0.4, 0.5) is 5.69 Å². The number of Topliss-reactive ketones (excluding diaryl/α,β-unsaturated/α-hetero) is 2. The summed E-state index contributed by atoms with van der Waals surface area (Å²) in [6.45, 7) is -0.191. The van der Waals surface area contributed by atoms with Crippen molar-refractivity contribution >= 4 is 34.8 Å². The van der Waals surface area contributed by atoms with E-state index in [4.69, 9.17) is 16.3 Å². The maximum absolute atomic E-state index is 13.1. The Kier molecular flexibility index (Phi) is 6.48. The molecule has 1 amide bonds. The van der Waals surface area contributed by atoms with Crippen LogP contribution in [0.15, 0.2) is 71.1 Å². The number of carbonyl (C=O) groups is 3. The standard InChI is InChI=1S/C28H27ClN2O4/c1-31-20-9-5-11-22(32)27(20)26(28-21(31)10-6-12-23(28)33)17-13-14-24(19(29)15-17)35-16-25(34)30-18-7-3-2-4-8-18/h2-4,7-8,13-15,26H,5-6,9-12,16H2,1H3,(H,30,34). The molecule has 0 spiro atoms. The number of nitrogens with zero attached hydrogens (tertiary/aromatic N) is 1. The van der Waals surface area contributed by atoms with Crippen LogP contribution in [0.2, 0.25) is 5.02 Å². The molecule has 3 aliphatic rings. The molecule has 0 atom stereocenters. The average Bonchev–Trinajstić information content (AvgIpc) is 2.85. The molecule has 5 rings (SSSR count). The number of allylic oxidation sites excluding steroid dienone is 4. The summed E-state index contributed by atoms with van der Waals surface area (Å²) in [7, 11) is 1.97. The van der Waals surface area contributed by atoms with Crippen molar-refractivity contribution in [2.45, 2.75) is 44.4 Å². The van der Waals surface area contributed by atoms with Crippen molar-refractivity contribution in [2.24, 2.45) is 0 Å². The molecule has 0 aromatic heterocycles. The Morgan fingerprint density at radius 1 is 0.971 bits per heavy atom. The number of carbonyl (C=O) groups excluding carboxylic acids is 3. The topological polar surface area (TPSA) is 75.7 Å². The van der Waals surface area contributed by atoms with Gasteiger partial charge in [0.05, 0.1) is 5.02 Å². The number of anilines is 1. The van der Waals surface area contributed by atoms with Gasteiger partial charge < -0.3 is 15.0 Å². The molecule has 1 N–H and O–H groups in total. The molecule has 7 heteroatoms. The van der Waals surface area contributed by atoms with Crippen molar-refractivity contribution in [3.05, 3.63) is 81.7 Å². The van der Waals surface area contributed by atoms with E-state index in [9.17, 15) is 14.4 Å². The first kappa shape index (κ1) is 23.4. The van der Waals surface area contributed by atoms with Crippen LogP contribution in [-0.2, 0) is 14.4 Å². The van der Waals surface area contributed by atoms with Gasteiger partial charge in [-0.25, -0.2) is 0 Å². The number of benzene rings is 2. The molecule has 0 unspecified atom stereocenters. The zero-order valence-corrected chi connectivity index (χ0v) is 20.4. The van der Waals surface area contributed by atoms with Gasteiger partial charge in [0, 0.05) is 54.0 Å². The van der Waals surface area contributed by atoms with Crippen LogP contribution in [-0.4, -0.2) is 36.0 Å². The third-order valence-corrected chi connectivity index (χ3v) is 7.25. The highest BCUT2D eigenvalue weighted by Crippen LogP contribution is 2.49. The van der Waals surface area contributed by atoms with E-state index in [1.165, 1.54) is 0 Å². The summed E-state index contributed by atoms with van der Waals surface area (Å²) in [5.41, 5.74) is 4.98. The van der Waals surface area contributed by atoms with Gasteiger partial charge in [0.1, 0.15) is 5.75 Å². The molecule has 0 saturated heterocycles. The Morgan fingerprint density at radius 2 is 1.60 bits per heavy atom. The average molecular weight is 491 g/mol. The molecule has 180 valence electrons. The Labute approximate surface area is 209 Å². The molecule has 0 saturated carbocycles. The molecule has 2 aliphatic carbocycles. The van der Waals surface area contributed by atoms with Crippen LogP contribution >= 0.6 is 11.6 Å². The lowest BCUT2D eigenvalue weighted by Gasteiger charge is -2.42. The van der Waals surface area contributed by atoms with Gasteiger partial charge in [-0.3, -0.25) is 14.4 Å². The zero-order valence-electron chi connectivity index (χ0n) is 19.6. The number of halogens is 1. The number of rotatable bonds is 5. The monoisotopic (exact) mass is 490 g/mol. The summed E-state index contributed by atoms with van der Waals surface area (Å²) >= 11 is 6.57. The van der Waals surface area contributed by atoms with E-state index in [1.54, 1.807) is 24.3 Å². The Balaban J connectivity index is 1.42. The van der Waals surface area contributed by atoms with Gasteiger partial charge in [0.15, 0.2) is 18.2 Å². The number of amides is 1. The smallest absolute Gasteiger partial charge is 0.262 e. The Hall–Kier alpha value is -3.38. The van der Waals surface area contributed by atoms with Crippen LogP contribution < -0.4 is 10.1 Å². The van der Waals surface area contributed by atoms with Gasteiger partial charge in [0.2, 0.25) is 0 Å². The first-order chi connectivity index (χ1) is 16.9. The summed E-state index contributed by atoms with van der Waals surface area (Å²) in [6, 6.07) is 14.5. The zero-order chi connectivity index (χ0) is 24.5. The van der Waals surface area contributed by atoms with Gasteiger partial charge >= 0.3 is 0 Å². The highest BCUT2D eigenvalue weighted by Gasteiger charge is 2.42. The first-order valence-corrected chi connectivity index (χ1v) is 12.3. The van der Waals surface area contributed by atoms with Crippen molar-refractivity contribution in [3.63, 3.8) is 0 Å². The molecular weight excluding hydrogens is 464 g/mol. The fourth-order valence-electron chi connectivity index (χ4n) is 5.36. The minimum atomic E-state index is -0.412. The van der Waals surface area contributed by atoms with E-state index in [0.29, 0.717) is 29.3 Å². The normalized spacial score (nSPS) is 18.4. The van der Waals surface area contributed by atoms with Gasteiger partial charge in [-0.15, -0.1) is 0 Å². The second-order valence-electron chi connectivity index (χ2n) is 9.16. The molecule has 1 heterocycles. The predicted molar refractivity (Wildman–Crippen MR) is 134 cm³/mol. The van der Waals surface area contributed by atoms with Gasteiger partial charge in [0.25, 0.3) is 5.91 Å². The summed E-state index contributed by atoms with van der Waals surface area (Å²) in [5.74, 6) is -0.134. The van der Waals surface area contributed by atoms with E-state index in [1.807, 2.05) is 31.3 Å². The van der Waals surface area contributed by atoms with Crippen LogP contribution in [0.3, 0.4) is 0 Å². The molecule has 0 radical (unpaired) electrons. The lowest BCUT2D eigenvalue weighted by molar-refractivity contribution is -0.118. The van der Waals surface area contributed by atoms with E-state index < -0.39 is 5.92 Å². The third kappa shape index (κ3) is 4.50. The van der Waals surface area contributed by atoms with Crippen molar-refractivity contribution in [3.8, 4) is 5.75 Å². The Morgan fingerprint density at radius 3 is 2.20 bits per heavy atom. The van der Waals surface area contributed by atoms with Crippen molar-refractivity contribution in [2.75, 3.05) is 19.0 Å². The number of ether oxygens (including phenoxy) is 1. The van der Waals surface area contributed by atoms with Crippen LogP contribution in [0.25, 0.3) is 0 Å². The lowest BCUT2D eigenvalue weighted by Crippen LogP contribution is -2.37. The van der Waals surface area contributed by atoms with Crippen molar-refractivity contribution in [1.82, 2.24) is 4.90 Å². The first-order valence-electron chi connectivity index (χ1n) is 12.0. The highest BCUT2D eigenvalue weighted by atomic mass is 35.5. The third-order valence-electron chi connectivity index (χ3n) is 6.95. The quantitative estimate of drug-likeness (QED) is 0.607. The number of para-hydroxylation sites is 1. The van der Waals surface area contributed by atoms with E-state index in [0.717, 1.165) is 53.8 Å². The molecule has 0 bridgehead atoms. The highest BCUT2D eigenvalue weighted by molar-refractivity contribution is 6.32. The molecule has 35 heavy (non-hydrogen) atoms. The molecular formula is C28H27ClN2O4. The van der Waals surface area contributed by atoms with Crippen molar-refractivity contribution < 1.29 is 19.1 Å². The van der Waals surface area contributed by atoms with Gasteiger partial charge in [-0.05, 0) is 55.5 Å². The minimum Gasteiger partial charge on any atom is -0.482 e. The number of nitrogens with one attached hydrogen (secondary N) is 1. The minimum absolute atomic E-state index is 0.0991. The molecule has 0 fully saturated rings. The predicted octanol–water partition coefficient (Wildman–Crippen LogP) is 5.40. The molecule has 2 aromatic rings. The largest absolute Gasteiger partial charge is 0.482 e. The molecule has 2 aromatic carbocycles. The number of hydrogen-bond acceptors (Lipinski definition) is 5. The maximum atomic E-state index is 13.1. The van der Waals surface area contributed by atoms with Crippen LogP contribution in [0.1, 0.15) is 50.0 Å². The Bertz CT molecular complexity index is 1220. The maximum Gasteiger partial charge on any atom is 0.262 e. The second kappa shape index (κ2) is 9.70. The number of ketones is 2. The van der Waals surface area contributed by atoms with Crippen molar-refractivity contribution in [1.29, 1.82) is 0 Å².